The molecular weight excluding hydrogens is 440 g/mol. The third-order valence-electron chi connectivity index (χ3n) is 6.37. The second kappa shape index (κ2) is 12.3. The van der Waals surface area contributed by atoms with E-state index in [4.69, 9.17) is 15.2 Å². The first-order chi connectivity index (χ1) is 17.1. The van der Waals surface area contributed by atoms with Gasteiger partial charge in [-0.05, 0) is 36.0 Å². The third kappa shape index (κ3) is 6.56. The van der Waals surface area contributed by atoms with Gasteiger partial charge in [-0.1, -0.05) is 91.0 Å². The van der Waals surface area contributed by atoms with E-state index < -0.39 is 18.0 Å². The molecule has 1 fully saturated rings. The minimum absolute atomic E-state index is 0.176. The van der Waals surface area contributed by atoms with Crippen molar-refractivity contribution in [2.24, 2.45) is 5.73 Å². The average molecular weight is 473 g/mol. The lowest BCUT2D eigenvalue weighted by Gasteiger charge is -2.28. The average Bonchev–Trinajstić information content (AvgIpc) is 3.26. The number of rotatable bonds is 11. The van der Waals surface area contributed by atoms with Gasteiger partial charge in [-0.3, -0.25) is 4.79 Å². The van der Waals surface area contributed by atoms with Crippen molar-refractivity contribution in [3.05, 3.63) is 108 Å². The topological polar surface area (TPSA) is 81.9 Å². The van der Waals surface area contributed by atoms with E-state index in [2.05, 4.69) is 0 Å². The molecule has 3 aromatic carbocycles. The van der Waals surface area contributed by atoms with Gasteiger partial charge in [0.05, 0.1) is 18.7 Å². The summed E-state index contributed by atoms with van der Waals surface area (Å²) in [6.45, 7) is 1.28. The highest BCUT2D eigenvalue weighted by Gasteiger charge is 2.42. The van der Waals surface area contributed by atoms with Gasteiger partial charge >= 0.3 is 6.09 Å². The summed E-state index contributed by atoms with van der Waals surface area (Å²) in [6.07, 6.45) is 1.32. The molecule has 0 radical (unpaired) electrons. The fourth-order valence-corrected chi connectivity index (χ4v) is 4.52. The number of hydrogen-bond donors (Lipinski definition) is 1. The van der Waals surface area contributed by atoms with E-state index in [1.165, 1.54) is 4.90 Å². The predicted molar refractivity (Wildman–Crippen MR) is 135 cm³/mol. The molecule has 6 heteroatoms. The monoisotopic (exact) mass is 472 g/mol. The van der Waals surface area contributed by atoms with Gasteiger partial charge in [0.2, 0.25) is 5.91 Å². The summed E-state index contributed by atoms with van der Waals surface area (Å²) in [7, 11) is 0. The van der Waals surface area contributed by atoms with Gasteiger partial charge in [-0.15, -0.1) is 0 Å². The van der Waals surface area contributed by atoms with Crippen molar-refractivity contribution < 1.29 is 19.1 Å². The van der Waals surface area contributed by atoms with Crippen LogP contribution in [0, 0.1) is 0 Å². The standard InChI is InChI=1S/C29H32N2O4/c30-27(28(32)31-25(21-35-29(31)33)19-22-11-4-1-5-12-22)26(24-15-8-3-9-16-24)17-10-18-34-20-23-13-6-2-7-14-23/h1-9,11-16,25-27H,10,17-21,30H2/t25-,26+,27-/m0/s1. The van der Waals surface area contributed by atoms with Gasteiger partial charge in [0.25, 0.3) is 0 Å². The summed E-state index contributed by atoms with van der Waals surface area (Å²) < 4.78 is 11.1. The van der Waals surface area contributed by atoms with E-state index in [9.17, 15) is 9.59 Å². The van der Waals surface area contributed by atoms with Gasteiger partial charge in [-0.25, -0.2) is 9.69 Å². The number of carbonyl (C=O) groups excluding carboxylic acids is 2. The van der Waals surface area contributed by atoms with Crippen molar-refractivity contribution in [3.8, 4) is 0 Å². The second-order valence-electron chi connectivity index (χ2n) is 8.85. The predicted octanol–water partition coefficient (Wildman–Crippen LogP) is 4.68. The Morgan fingerprint density at radius 3 is 2.20 bits per heavy atom. The smallest absolute Gasteiger partial charge is 0.417 e. The summed E-state index contributed by atoms with van der Waals surface area (Å²) in [5, 5.41) is 0. The molecule has 4 rings (SSSR count). The largest absolute Gasteiger partial charge is 0.447 e. The van der Waals surface area contributed by atoms with Gasteiger partial charge in [-0.2, -0.15) is 0 Å². The molecule has 3 aromatic rings. The van der Waals surface area contributed by atoms with Crippen LogP contribution >= 0.6 is 0 Å². The molecule has 6 nitrogen and oxygen atoms in total. The van der Waals surface area contributed by atoms with Crippen molar-refractivity contribution >= 4 is 12.0 Å². The molecule has 182 valence electrons. The molecule has 2 amide bonds. The zero-order valence-electron chi connectivity index (χ0n) is 19.8. The number of ether oxygens (including phenoxy) is 2. The van der Waals surface area contributed by atoms with Gasteiger partial charge in [0, 0.05) is 12.5 Å². The highest BCUT2D eigenvalue weighted by molar-refractivity contribution is 5.97. The van der Waals surface area contributed by atoms with E-state index in [0.29, 0.717) is 26.1 Å². The zero-order chi connectivity index (χ0) is 24.5. The summed E-state index contributed by atoms with van der Waals surface area (Å²) in [6, 6.07) is 28.3. The van der Waals surface area contributed by atoms with Crippen molar-refractivity contribution in [2.45, 2.75) is 43.9 Å². The lowest BCUT2D eigenvalue weighted by molar-refractivity contribution is -0.131. The van der Waals surface area contributed by atoms with Crippen LogP contribution in [0.4, 0.5) is 4.79 Å². The molecule has 0 spiro atoms. The van der Waals surface area contributed by atoms with Crippen LogP contribution in [0.25, 0.3) is 0 Å². The first-order valence-electron chi connectivity index (χ1n) is 12.1. The Labute approximate surface area is 206 Å². The van der Waals surface area contributed by atoms with Crippen molar-refractivity contribution in [3.63, 3.8) is 0 Å². The Morgan fingerprint density at radius 2 is 1.54 bits per heavy atom. The molecular formula is C29H32N2O4. The Balaban J connectivity index is 1.41. The maximum absolute atomic E-state index is 13.5. The number of cyclic esters (lactones) is 1. The number of carbonyl (C=O) groups is 2. The number of nitrogens with zero attached hydrogens (tertiary/aromatic N) is 1. The summed E-state index contributed by atoms with van der Waals surface area (Å²) in [5.74, 6) is -0.637. The molecule has 1 heterocycles. The van der Waals surface area contributed by atoms with Crippen LogP contribution in [0.15, 0.2) is 91.0 Å². The molecule has 0 unspecified atom stereocenters. The van der Waals surface area contributed by atoms with Crippen LogP contribution < -0.4 is 5.73 Å². The van der Waals surface area contributed by atoms with Gasteiger partial charge in [0.15, 0.2) is 0 Å². The molecule has 1 aliphatic rings. The van der Waals surface area contributed by atoms with Gasteiger partial charge in [0.1, 0.15) is 6.61 Å². The summed E-state index contributed by atoms with van der Waals surface area (Å²) in [4.78, 5) is 27.3. The highest BCUT2D eigenvalue weighted by atomic mass is 16.6. The Hall–Kier alpha value is -3.48. The number of imide groups is 1. The molecule has 0 bridgehead atoms. The van der Waals surface area contributed by atoms with Crippen molar-refractivity contribution in [1.29, 1.82) is 0 Å². The lowest BCUT2D eigenvalue weighted by atomic mass is 9.87. The van der Waals surface area contributed by atoms with E-state index >= 15 is 0 Å². The van der Waals surface area contributed by atoms with Crippen molar-refractivity contribution in [1.82, 2.24) is 4.90 Å². The maximum atomic E-state index is 13.5. The molecule has 2 N–H and O–H groups in total. The molecule has 0 aliphatic carbocycles. The third-order valence-corrected chi connectivity index (χ3v) is 6.37. The van der Waals surface area contributed by atoms with E-state index in [1.807, 2.05) is 91.0 Å². The van der Waals surface area contributed by atoms with Crippen molar-refractivity contribution in [2.75, 3.05) is 13.2 Å². The molecule has 0 saturated carbocycles. The quantitative estimate of drug-likeness (QED) is 0.410. The Morgan fingerprint density at radius 1 is 0.943 bits per heavy atom. The van der Waals surface area contributed by atoms with E-state index in [-0.39, 0.29) is 18.6 Å². The minimum atomic E-state index is -0.865. The number of amides is 2. The molecule has 1 aliphatic heterocycles. The Kier molecular flexibility index (Phi) is 8.65. The fourth-order valence-electron chi connectivity index (χ4n) is 4.52. The Bertz CT molecular complexity index is 1080. The lowest BCUT2D eigenvalue weighted by Crippen LogP contribution is -2.51. The molecule has 1 saturated heterocycles. The minimum Gasteiger partial charge on any atom is -0.447 e. The van der Waals surface area contributed by atoms with Crippen LogP contribution in [0.3, 0.4) is 0 Å². The van der Waals surface area contributed by atoms with Crippen LogP contribution in [0.5, 0.6) is 0 Å². The van der Waals surface area contributed by atoms with Gasteiger partial charge < -0.3 is 15.2 Å². The molecule has 0 aromatic heterocycles. The molecule has 35 heavy (non-hydrogen) atoms. The maximum Gasteiger partial charge on any atom is 0.417 e. The van der Waals surface area contributed by atoms with Crippen LogP contribution in [-0.2, 0) is 27.3 Å². The van der Waals surface area contributed by atoms with Crippen LogP contribution in [0.2, 0.25) is 0 Å². The second-order valence-corrected chi connectivity index (χ2v) is 8.85. The molecule has 3 atom stereocenters. The summed E-state index contributed by atoms with van der Waals surface area (Å²) in [5.41, 5.74) is 9.69. The first kappa shape index (κ1) is 24.6. The van der Waals surface area contributed by atoms with E-state index in [0.717, 1.165) is 23.1 Å². The normalized spacial score (nSPS) is 17.1. The first-order valence-corrected chi connectivity index (χ1v) is 12.1. The van der Waals surface area contributed by atoms with E-state index in [1.54, 1.807) is 0 Å². The number of benzene rings is 3. The number of nitrogens with two attached hydrogens (primary N) is 1. The number of hydrogen-bond acceptors (Lipinski definition) is 5. The van der Waals surface area contributed by atoms with Crippen LogP contribution in [-0.4, -0.2) is 42.2 Å². The summed E-state index contributed by atoms with van der Waals surface area (Å²) >= 11 is 0. The SMILES string of the molecule is N[C@H](C(=O)N1C(=O)OC[C@@H]1Cc1ccccc1)[C@H](CCCOCc1ccccc1)c1ccccc1. The zero-order valence-corrected chi connectivity index (χ0v) is 19.8. The fraction of sp³-hybridized carbons (Fsp3) is 0.310. The van der Waals surface area contributed by atoms with Crippen LogP contribution in [0.1, 0.15) is 35.4 Å². The highest BCUT2D eigenvalue weighted by Crippen LogP contribution is 2.28.